The van der Waals surface area contributed by atoms with Crippen LogP contribution in [0.3, 0.4) is 0 Å². The maximum Gasteiger partial charge on any atom is 0.272 e. The van der Waals surface area contributed by atoms with Crippen LogP contribution in [0.4, 0.5) is 0 Å². The van der Waals surface area contributed by atoms with Crippen molar-refractivity contribution in [3.8, 4) is 10.6 Å². The Morgan fingerprint density at radius 1 is 1.11 bits per heavy atom. The Hall–Kier alpha value is -2.69. The van der Waals surface area contributed by atoms with Crippen molar-refractivity contribution in [3.63, 3.8) is 0 Å². The zero-order valence-electron chi connectivity index (χ0n) is 20.5. The van der Waals surface area contributed by atoms with Crippen molar-refractivity contribution in [1.29, 1.82) is 0 Å². The molecular weight excluding hydrogens is 500 g/mol. The standard InChI is InChI=1S/C25H31ClN6O3S/c1-15(2)31-10-8-17(9-11-31)27-24(33)19-13-20(25(34)28-16-4-3-5-16)32(29-19)14-18-12-21(35-30-18)22-6-7-23(26)36-22/h6-7,12-13,15-17H,3-5,8-11,14H2,1-2H3,(H,27,33)(H,28,34). The number of piperidine rings is 1. The van der Waals surface area contributed by atoms with Crippen molar-refractivity contribution in [2.24, 2.45) is 0 Å². The molecule has 1 saturated heterocycles. The van der Waals surface area contributed by atoms with E-state index in [1.165, 1.54) is 16.0 Å². The molecule has 0 atom stereocenters. The number of thiophene rings is 1. The van der Waals surface area contributed by atoms with Gasteiger partial charge in [0.05, 0.1) is 15.8 Å². The average molecular weight is 531 g/mol. The summed E-state index contributed by atoms with van der Waals surface area (Å²) in [6, 6.07) is 7.83. The second-order valence-electron chi connectivity index (χ2n) is 9.84. The molecule has 0 bridgehead atoms. The van der Waals surface area contributed by atoms with E-state index in [4.69, 9.17) is 16.1 Å². The van der Waals surface area contributed by atoms with E-state index in [2.05, 4.69) is 39.6 Å². The minimum absolute atomic E-state index is 0.0978. The van der Waals surface area contributed by atoms with Crippen LogP contribution in [-0.4, -0.2) is 62.9 Å². The second-order valence-corrected chi connectivity index (χ2v) is 11.6. The van der Waals surface area contributed by atoms with Gasteiger partial charge < -0.3 is 20.1 Å². The van der Waals surface area contributed by atoms with Crippen LogP contribution in [0.25, 0.3) is 10.6 Å². The first-order valence-corrected chi connectivity index (χ1v) is 13.7. The SMILES string of the molecule is CC(C)N1CCC(NC(=O)c2cc(C(=O)NC3CCC3)n(Cc3cc(-c4ccc(Cl)s4)on3)n2)CC1. The Balaban J connectivity index is 1.32. The molecule has 36 heavy (non-hydrogen) atoms. The van der Waals surface area contributed by atoms with Crippen molar-refractivity contribution in [3.05, 3.63) is 45.7 Å². The van der Waals surface area contributed by atoms with Gasteiger partial charge in [0.15, 0.2) is 11.5 Å². The van der Waals surface area contributed by atoms with Gasteiger partial charge in [-0.05, 0) is 58.1 Å². The molecular formula is C25H31ClN6O3S. The molecule has 1 aliphatic heterocycles. The number of carbonyl (C=O) groups is 2. The largest absolute Gasteiger partial charge is 0.355 e. The number of rotatable bonds is 8. The highest BCUT2D eigenvalue weighted by atomic mass is 35.5. The molecule has 2 N–H and O–H groups in total. The number of nitrogens with zero attached hydrogens (tertiary/aromatic N) is 4. The van der Waals surface area contributed by atoms with Crippen LogP contribution < -0.4 is 10.6 Å². The summed E-state index contributed by atoms with van der Waals surface area (Å²) in [5.41, 5.74) is 1.17. The maximum absolute atomic E-state index is 13.1. The molecule has 1 saturated carbocycles. The van der Waals surface area contributed by atoms with Crippen LogP contribution in [0.5, 0.6) is 0 Å². The lowest BCUT2D eigenvalue weighted by Gasteiger charge is -2.34. The van der Waals surface area contributed by atoms with Crippen LogP contribution >= 0.6 is 22.9 Å². The molecule has 0 aromatic carbocycles. The molecule has 2 aliphatic rings. The number of nitrogens with one attached hydrogen (secondary N) is 2. The number of hydrogen-bond donors (Lipinski definition) is 2. The van der Waals surface area contributed by atoms with Gasteiger partial charge in [-0.15, -0.1) is 11.3 Å². The predicted molar refractivity (Wildman–Crippen MR) is 138 cm³/mol. The van der Waals surface area contributed by atoms with Crippen LogP contribution in [0.2, 0.25) is 4.34 Å². The Morgan fingerprint density at radius 2 is 1.83 bits per heavy atom. The maximum atomic E-state index is 13.1. The highest BCUT2D eigenvalue weighted by molar-refractivity contribution is 7.19. The van der Waals surface area contributed by atoms with Crippen LogP contribution in [0.15, 0.2) is 28.8 Å². The molecule has 3 aromatic heterocycles. The van der Waals surface area contributed by atoms with Gasteiger partial charge in [-0.25, -0.2) is 0 Å². The van der Waals surface area contributed by atoms with Crippen LogP contribution in [-0.2, 0) is 6.54 Å². The Bertz CT molecular complexity index is 1220. The van der Waals surface area contributed by atoms with Gasteiger partial charge in [0, 0.05) is 43.3 Å². The smallest absolute Gasteiger partial charge is 0.272 e. The van der Waals surface area contributed by atoms with E-state index in [1.54, 1.807) is 18.2 Å². The third-order valence-electron chi connectivity index (χ3n) is 6.97. The van der Waals surface area contributed by atoms with Gasteiger partial charge in [0.2, 0.25) is 0 Å². The minimum Gasteiger partial charge on any atom is -0.355 e. The summed E-state index contributed by atoms with van der Waals surface area (Å²) in [5.74, 6) is 0.106. The molecule has 2 amide bonds. The summed E-state index contributed by atoms with van der Waals surface area (Å²) in [4.78, 5) is 29.4. The molecule has 0 unspecified atom stereocenters. The summed E-state index contributed by atoms with van der Waals surface area (Å²) in [6.07, 6.45) is 4.85. The fraction of sp³-hybridized carbons (Fsp3) is 0.520. The lowest BCUT2D eigenvalue weighted by atomic mass is 9.93. The van der Waals surface area contributed by atoms with E-state index < -0.39 is 0 Å². The quantitative estimate of drug-likeness (QED) is 0.452. The number of likely N-dealkylation sites (tertiary alicyclic amines) is 1. The van der Waals surface area contributed by atoms with E-state index in [0.717, 1.165) is 50.1 Å². The first-order valence-electron chi connectivity index (χ1n) is 12.5. The lowest BCUT2D eigenvalue weighted by molar-refractivity contribution is 0.0890. The summed E-state index contributed by atoms with van der Waals surface area (Å²) in [5, 5.41) is 14.8. The molecule has 9 nitrogen and oxygen atoms in total. The van der Waals surface area contributed by atoms with Crippen molar-refractivity contribution in [2.75, 3.05) is 13.1 Å². The lowest BCUT2D eigenvalue weighted by Crippen LogP contribution is -2.46. The van der Waals surface area contributed by atoms with Crippen molar-refractivity contribution < 1.29 is 14.1 Å². The van der Waals surface area contributed by atoms with Crippen molar-refractivity contribution in [1.82, 2.24) is 30.5 Å². The summed E-state index contributed by atoms with van der Waals surface area (Å²) in [6.45, 7) is 6.49. The molecule has 11 heteroatoms. The van der Waals surface area contributed by atoms with Gasteiger partial charge >= 0.3 is 0 Å². The first-order chi connectivity index (χ1) is 17.4. The normalized spacial score (nSPS) is 17.3. The number of hydrogen-bond acceptors (Lipinski definition) is 7. The van der Waals surface area contributed by atoms with Gasteiger partial charge in [0.1, 0.15) is 11.4 Å². The van der Waals surface area contributed by atoms with E-state index in [1.807, 2.05) is 6.07 Å². The fourth-order valence-corrected chi connectivity index (χ4v) is 5.56. The number of aromatic nitrogens is 3. The van der Waals surface area contributed by atoms with E-state index in [-0.39, 0.29) is 36.1 Å². The zero-order valence-corrected chi connectivity index (χ0v) is 22.1. The van der Waals surface area contributed by atoms with Crippen molar-refractivity contribution in [2.45, 2.75) is 70.6 Å². The Labute approximate surface area is 219 Å². The van der Waals surface area contributed by atoms with Gasteiger partial charge in [-0.2, -0.15) is 5.10 Å². The molecule has 1 aliphatic carbocycles. The number of carbonyl (C=O) groups excluding carboxylic acids is 2. The molecule has 4 heterocycles. The Morgan fingerprint density at radius 3 is 2.47 bits per heavy atom. The van der Waals surface area contributed by atoms with Crippen LogP contribution in [0.1, 0.15) is 72.6 Å². The summed E-state index contributed by atoms with van der Waals surface area (Å²) in [7, 11) is 0. The third kappa shape index (κ3) is 5.66. The predicted octanol–water partition coefficient (Wildman–Crippen LogP) is 4.19. The first kappa shape index (κ1) is 25.0. The molecule has 192 valence electrons. The molecule has 3 aromatic rings. The monoisotopic (exact) mass is 530 g/mol. The average Bonchev–Trinajstić information content (AvgIpc) is 3.57. The van der Waals surface area contributed by atoms with E-state index >= 15 is 0 Å². The number of halogens is 1. The highest BCUT2D eigenvalue weighted by Crippen LogP contribution is 2.31. The molecule has 0 radical (unpaired) electrons. The minimum atomic E-state index is -0.261. The van der Waals surface area contributed by atoms with Gasteiger partial charge in [-0.3, -0.25) is 14.3 Å². The van der Waals surface area contributed by atoms with E-state index in [9.17, 15) is 9.59 Å². The molecule has 5 rings (SSSR count). The zero-order chi connectivity index (χ0) is 25.2. The molecule has 0 spiro atoms. The van der Waals surface area contributed by atoms with Crippen molar-refractivity contribution >= 4 is 34.8 Å². The Kier molecular flexibility index (Phi) is 7.45. The van der Waals surface area contributed by atoms with Gasteiger partial charge in [0.25, 0.3) is 11.8 Å². The fourth-order valence-electron chi connectivity index (χ4n) is 4.57. The highest BCUT2D eigenvalue weighted by Gasteiger charge is 2.27. The van der Waals surface area contributed by atoms with Gasteiger partial charge in [-0.1, -0.05) is 16.8 Å². The third-order valence-corrected chi connectivity index (χ3v) is 8.21. The second kappa shape index (κ2) is 10.7. The molecule has 2 fully saturated rings. The topological polar surface area (TPSA) is 105 Å². The summed E-state index contributed by atoms with van der Waals surface area (Å²) < 4.78 is 7.68. The van der Waals surface area contributed by atoms with E-state index in [0.29, 0.717) is 27.5 Å². The van der Waals surface area contributed by atoms with Crippen LogP contribution in [0, 0.1) is 0 Å². The number of amides is 2. The summed E-state index contributed by atoms with van der Waals surface area (Å²) >= 11 is 7.44.